The van der Waals surface area contributed by atoms with Gasteiger partial charge >= 0.3 is 6.18 Å². The topological polar surface area (TPSA) is 47.3 Å². The lowest BCUT2D eigenvalue weighted by atomic mass is 9.94. The molecule has 0 spiro atoms. The van der Waals surface area contributed by atoms with E-state index >= 15 is 0 Å². The highest BCUT2D eigenvalue weighted by Crippen LogP contribution is 2.29. The van der Waals surface area contributed by atoms with Gasteiger partial charge < -0.3 is 4.74 Å². The van der Waals surface area contributed by atoms with Gasteiger partial charge in [-0.3, -0.25) is 11.3 Å². The van der Waals surface area contributed by atoms with Crippen LogP contribution >= 0.6 is 0 Å². The quantitative estimate of drug-likeness (QED) is 0.625. The summed E-state index contributed by atoms with van der Waals surface area (Å²) >= 11 is 0. The zero-order valence-electron chi connectivity index (χ0n) is 11.9. The molecule has 0 radical (unpaired) electrons. The molecule has 3 N–H and O–H groups in total. The Bertz CT molecular complexity index is 415. The molecule has 1 atom stereocenters. The highest BCUT2D eigenvalue weighted by Gasteiger charge is 2.30. The van der Waals surface area contributed by atoms with Crippen LogP contribution in [0.2, 0.25) is 0 Å². The third kappa shape index (κ3) is 5.11. The molecule has 6 heteroatoms. The summed E-state index contributed by atoms with van der Waals surface area (Å²) in [5.74, 6) is 5.50. The molecule has 0 bridgehead atoms. The van der Waals surface area contributed by atoms with Gasteiger partial charge in [0.15, 0.2) is 0 Å². The van der Waals surface area contributed by atoms with Crippen LogP contribution in [0.15, 0.2) is 24.3 Å². The summed E-state index contributed by atoms with van der Waals surface area (Å²) in [5.41, 5.74) is 2.50. The number of nitrogens with one attached hydrogen (secondary N) is 1. The number of hydrazine groups is 1. The maximum Gasteiger partial charge on any atom is 0.416 e. The number of methoxy groups -OCH3 is 1. The minimum absolute atomic E-state index is 0.0679. The lowest BCUT2D eigenvalue weighted by Crippen LogP contribution is -2.42. The van der Waals surface area contributed by atoms with Crippen LogP contribution in [0.3, 0.4) is 0 Å². The van der Waals surface area contributed by atoms with E-state index in [1.54, 1.807) is 7.11 Å². The molecule has 1 aromatic rings. The van der Waals surface area contributed by atoms with Crippen LogP contribution in [0.5, 0.6) is 0 Å². The fourth-order valence-electron chi connectivity index (χ4n) is 1.98. The third-order valence-electron chi connectivity index (χ3n) is 3.29. The first-order valence-corrected chi connectivity index (χ1v) is 6.35. The van der Waals surface area contributed by atoms with Crippen molar-refractivity contribution in [2.45, 2.75) is 44.5 Å². The minimum Gasteiger partial charge on any atom is -0.379 e. The van der Waals surface area contributed by atoms with Crippen molar-refractivity contribution in [1.29, 1.82) is 0 Å². The van der Waals surface area contributed by atoms with E-state index < -0.39 is 11.7 Å². The van der Waals surface area contributed by atoms with E-state index in [0.717, 1.165) is 17.7 Å². The first kappa shape index (κ1) is 16.9. The standard InChI is InChI=1S/C14H21F3N2O/c1-13(2,20-3)9-12(19-18)8-10-4-6-11(7-5-10)14(15,16)17/h4-7,12,19H,8-9,18H2,1-3H3. The number of hydrogen-bond donors (Lipinski definition) is 2. The van der Waals surface area contributed by atoms with Crippen LogP contribution in [0.4, 0.5) is 13.2 Å². The number of halogens is 3. The molecule has 0 amide bonds. The highest BCUT2D eigenvalue weighted by atomic mass is 19.4. The van der Waals surface area contributed by atoms with Gasteiger partial charge in [0, 0.05) is 13.2 Å². The average Bonchev–Trinajstić information content (AvgIpc) is 2.37. The second-order valence-corrected chi connectivity index (χ2v) is 5.43. The predicted octanol–water partition coefficient (Wildman–Crippen LogP) is 2.89. The molecule has 0 saturated carbocycles. The van der Waals surface area contributed by atoms with Crippen LogP contribution < -0.4 is 11.3 Å². The summed E-state index contributed by atoms with van der Waals surface area (Å²) in [6, 6.07) is 5.07. The molecule has 0 aromatic heterocycles. The highest BCUT2D eigenvalue weighted by molar-refractivity contribution is 5.25. The van der Waals surface area contributed by atoms with E-state index in [9.17, 15) is 13.2 Å². The fourth-order valence-corrected chi connectivity index (χ4v) is 1.98. The first-order chi connectivity index (χ1) is 9.18. The largest absolute Gasteiger partial charge is 0.416 e. The maximum absolute atomic E-state index is 12.5. The summed E-state index contributed by atoms with van der Waals surface area (Å²) in [6.07, 6.45) is -3.11. The molecule has 1 rings (SSSR count). The molecule has 114 valence electrons. The van der Waals surface area contributed by atoms with Crippen molar-refractivity contribution in [2.24, 2.45) is 5.84 Å². The van der Waals surface area contributed by atoms with Crippen LogP contribution in [-0.2, 0) is 17.3 Å². The van der Waals surface area contributed by atoms with E-state index in [1.165, 1.54) is 12.1 Å². The molecule has 0 heterocycles. The molecule has 0 fully saturated rings. The predicted molar refractivity (Wildman–Crippen MR) is 72.0 cm³/mol. The lowest BCUT2D eigenvalue weighted by Gasteiger charge is -2.28. The van der Waals surface area contributed by atoms with Gasteiger partial charge in [0.1, 0.15) is 0 Å². The lowest BCUT2D eigenvalue weighted by molar-refractivity contribution is -0.137. The Morgan fingerprint density at radius 3 is 2.15 bits per heavy atom. The molecule has 0 aliphatic rings. The van der Waals surface area contributed by atoms with Crippen molar-refractivity contribution in [1.82, 2.24) is 5.43 Å². The zero-order chi connectivity index (χ0) is 15.4. The van der Waals surface area contributed by atoms with E-state index in [-0.39, 0.29) is 11.6 Å². The molecule has 20 heavy (non-hydrogen) atoms. The van der Waals surface area contributed by atoms with Crippen molar-refractivity contribution in [3.05, 3.63) is 35.4 Å². The number of hydrogen-bond acceptors (Lipinski definition) is 3. The van der Waals surface area contributed by atoms with E-state index in [1.807, 2.05) is 13.8 Å². The minimum atomic E-state index is -4.30. The smallest absolute Gasteiger partial charge is 0.379 e. The Morgan fingerprint density at radius 2 is 1.75 bits per heavy atom. The van der Waals surface area contributed by atoms with Gasteiger partial charge in [-0.1, -0.05) is 12.1 Å². The summed E-state index contributed by atoms with van der Waals surface area (Å²) < 4.78 is 42.7. The first-order valence-electron chi connectivity index (χ1n) is 6.35. The van der Waals surface area contributed by atoms with E-state index in [4.69, 9.17) is 10.6 Å². The number of alkyl halides is 3. The molecule has 0 aliphatic carbocycles. The van der Waals surface area contributed by atoms with Gasteiger partial charge in [-0.25, -0.2) is 0 Å². The van der Waals surface area contributed by atoms with Crippen molar-refractivity contribution >= 4 is 0 Å². The summed E-state index contributed by atoms with van der Waals surface area (Å²) in [5, 5.41) is 0. The average molecular weight is 290 g/mol. The van der Waals surface area contributed by atoms with Crippen molar-refractivity contribution in [3.63, 3.8) is 0 Å². The Labute approximate surface area is 117 Å². The Hall–Kier alpha value is -1.11. The number of benzene rings is 1. The molecular formula is C14H21F3N2O. The second kappa shape index (κ2) is 6.56. The van der Waals surface area contributed by atoms with Gasteiger partial charge in [0.25, 0.3) is 0 Å². The summed E-state index contributed by atoms with van der Waals surface area (Å²) in [6.45, 7) is 3.87. The molecule has 3 nitrogen and oxygen atoms in total. The molecule has 1 aromatic carbocycles. The van der Waals surface area contributed by atoms with Crippen molar-refractivity contribution in [2.75, 3.05) is 7.11 Å². The monoisotopic (exact) mass is 290 g/mol. The fraction of sp³-hybridized carbons (Fsp3) is 0.571. The van der Waals surface area contributed by atoms with Crippen LogP contribution in [0, 0.1) is 0 Å². The van der Waals surface area contributed by atoms with Crippen LogP contribution in [0.1, 0.15) is 31.4 Å². The Morgan fingerprint density at radius 1 is 1.20 bits per heavy atom. The normalized spacial score (nSPS) is 14.3. The van der Waals surface area contributed by atoms with Crippen LogP contribution in [-0.4, -0.2) is 18.8 Å². The molecular weight excluding hydrogens is 269 g/mol. The van der Waals surface area contributed by atoms with Gasteiger partial charge in [-0.05, 0) is 44.4 Å². The Kier molecular flexibility index (Phi) is 5.56. The van der Waals surface area contributed by atoms with Crippen molar-refractivity contribution < 1.29 is 17.9 Å². The zero-order valence-corrected chi connectivity index (χ0v) is 11.9. The molecule has 1 unspecified atom stereocenters. The third-order valence-corrected chi connectivity index (χ3v) is 3.29. The van der Waals surface area contributed by atoms with Crippen molar-refractivity contribution in [3.8, 4) is 0 Å². The van der Waals surface area contributed by atoms with Gasteiger partial charge in [-0.15, -0.1) is 0 Å². The van der Waals surface area contributed by atoms with Crippen LogP contribution in [0.25, 0.3) is 0 Å². The van der Waals surface area contributed by atoms with E-state index in [0.29, 0.717) is 12.8 Å². The van der Waals surface area contributed by atoms with E-state index in [2.05, 4.69) is 5.43 Å². The van der Waals surface area contributed by atoms with Gasteiger partial charge in [-0.2, -0.15) is 13.2 Å². The number of ether oxygens (including phenoxy) is 1. The Balaban J connectivity index is 2.71. The summed E-state index contributed by atoms with van der Waals surface area (Å²) in [7, 11) is 1.62. The molecule has 0 aliphatic heterocycles. The maximum atomic E-state index is 12.5. The number of nitrogens with two attached hydrogens (primary N) is 1. The second-order valence-electron chi connectivity index (χ2n) is 5.43. The van der Waals surface area contributed by atoms with Gasteiger partial charge in [0.2, 0.25) is 0 Å². The molecule has 0 saturated heterocycles. The number of rotatable bonds is 6. The van der Waals surface area contributed by atoms with Gasteiger partial charge in [0.05, 0.1) is 11.2 Å². The summed E-state index contributed by atoms with van der Waals surface area (Å²) in [4.78, 5) is 0. The SMILES string of the molecule is COC(C)(C)CC(Cc1ccc(C(F)(F)F)cc1)NN.